The highest BCUT2D eigenvalue weighted by Crippen LogP contribution is 2.55. The maximum absolute atomic E-state index is 2.50. The minimum atomic E-state index is -0.231. The van der Waals surface area contributed by atoms with Crippen LogP contribution in [0.5, 0.6) is 0 Å². The summed E-state index contributed by atoms with van der Waals surface area (Å²) in [6.07, 6.45) is 0. The van der Waals surface area contributed by atoms with Crippen molar-refractivity contribution in [1.29, 1.82) is 0 Å². The van der Waals surface area contributed by atoms with E-state index >= 15 is 0 Å². The van der Waals surface area contributed by atoms with E-state index in [0.29, 0.717) is 0 Å². The van der Waals surface area contributed by atoms with Gasteiger partial charge in [0.2, 0.25) is 0 Å². The third-order valence-electron chi connectivity index (χ3n) is 13.9. The maximum atomic E-state index is 2.50. The summed E-state index contributed by atoms with van der Waals surface area (Å²) < 4.78 is 0. The van der Waals surface area contributed by atoms with Gasteiger partial charge in [0.1, 0.15) is 0 Å². The number of hydrogen-bond acceptors (Lipinski definition) is 3. The monoisotopic (exact) mass is 847 g/mol. The molecule has 66 heavy (non-hydrogen) atoms. The van der Waals surface area contributed by atoms with Crippen LogP contribution in [0.1, 0.15) is 25.0 Å². The van der Waals surface area contributed by atoms with Crippen molar-refractivity contribution in [3.05, 3.63) is 248 Å². The first-order chi connectivity index (χ1) is 32.5. The van der Waals surface area contributed by atoms with Crippen molar-refractivity contribution < 1.29 is 0 Å². The molecule has 1 aliphatic carbocycles. The van der Waals surface area contributed by atoms with E-state index in [1.165, 1.54) is 89.2 Å². The molecule has 0 aromatic heterocycles. The van der Waals surface area contributed by atoms with Crippen LogP contribution in [-0.2, 0) is 5.41 Å². The van der Waals surface area contributed by atoms with Crippen LogP contribution in [0.3, 0.4) is 0 Å². The van der Waals surface area contributed by atoms with Gasteiger partial charge < -0.3 is 14.7 Å². The van der Waals surface area contributed by atoms with E-state index in [4.69, 9.17) is 0 Å². The number of hydrogen-bond donors (Lipinski definition) is 0. The van der Waals surface area contributed by atoms with Gasteiger partial charge in [0, 0.05) is 46.9 Å². The van der Waals surface area contributed by atoms with Crippen molar-refractivity contribution in [2.75, 3.05) is 27.8 Å². The van der Waals surface area contributed by atoms with Crippen LogP contribution in [0.15, 0.2) is 237 Å². The molecule has 0 saturated carbocycles. The van der Waals surface area contributed by atoms with Crippen LogP contribution >= 0.6 is 0 Å². The fourth-order valence-electron chi connectivity index (χ4n) is 10.5. The number of benzene rings is 10. The first-order valence-corrected chi connectivity index (χ1v) is 23.1. The Hall–Kier alpha value is -8.14. The van der Waals surface area contributed by atoms with Gasteiger partial charge in [-0.1, -0.05) is 172 Å². The summed E-state index contributed by atoms with van der Waals surface area (Å²) in [6, 6.07) is 87.0. The first kappa shape index (κ1) is 39.5. The Morgan fingerprint density at radius 1 is 0.348 bits per heavy atom. The lowest BCUT2D eigenvalue weighted by Gasteiger charge is -2.39. The molecule has 0 amide bonds. The van der Waals surface area contributed by atoms with Crippen LogP contribution in [0, 0.1) is 0 Å². The Kier molecular flexibility index (Phi) is 9.65. The van der Waals surface area contributed by atoms with Crippen molar-refractivity contribution in [2.45, 2.75) is 19.3 Å². The fraction of sp³-hybridized carbons (Fsp3) is 0.0794. The van der Waals surface area contributed by atoms with Gasteiger partial charge in [-0.3, -0.25) is 0 Å². The van der Waals surface area contributed by atoms with Gasteiger partial charge in [-0.15, -0.1) is 0 Å². The maximum Gasteiger partial charge on any atom is 0.0658 e. The number of fused-ring (bicyclic) bond motifs is 5. The molecule has 1 heterocycles. The summed E-state index contributed by atoms with van der Waals surface area (Å²) in [5, 5.41) is 2.41. The smallest absolute Gasteiger partial charge is 0.0658 e. The molecule has 0 fully saturated rings. The molecule has 0 unspecified atom stereocenters. The van der Waals surface area contributed by atoms with Gasteiger partial charge in [0.05, 0.1) is 11.4 Å². The lowest BCUT2D eigenvalue weighted by Crippen LogP contribution is -2.36. The molecule has 0 spiro atoms. The topological polar surface area (TPSA) is 9.72 Å². The summed E-state index contributed by atoms with van der Waals surface area (Å²) in [7, 11) is 0. The molecule has 0 radical (unpaired) electrons. The Balaban J connectivity index is 1.07. The van der Waals surface area contributed by atoms with Crippen LogP contribution in [0.25, 0.3) is 55.3 Å². The summed E-state index contributed by atoms with van der Waals surface area (Å²) in [6.45, 7) is 6.54. The van der Waals surface area contributed by atoms with Crippen LogP contribution in [0.4, 0.5) is 39.8 Å². The molecule has 3 nitrogen and oxygen atoms in total. The van der Waals surface area contributed by atoms with E-state index in [9.17, 15) is 0 Å². The number of rotatable bonds is 8. The Morgan fingerprint density at radius 2 is 0.864 bits per heavy atom. The first-order valence-electron chi connectivity index (χ1n) is 23.1. The van der Waals surface area contributed by atoms with Gasteiger partial charge in [0.25, 0.3) is 0 Å². The quantitative estimate of drug-likeness (QED) is 0.151. The lowest BCUT2D eigenvalue weighted by atomic mass is 9.81. The van der Waals surface area contributed by atoms with E-state index in [1.54, 1.807) is 0 Å². The molecule has 0 saturated heterocycles. The molecule has 316 valence electrons. The Labute approximate surface area is 388 Å². The molecule has 10 aromatic carbocycles. The van der Waals surface area contributed by atoms with Crippen molar-refractivity contribution in [1.82, 2.24) is 0 Å². The van der Waals surface area contributed by atoms with Gasteiger partial charge in [0.15, 0.2) is 0 Å². The van der Waals surface area contributed by atoms with Gasteiger partial charge >= 0.3 is 0 Å². The van der Waals surface area contributed by atoms with E-state index < -0.39 is 0 Å². The van der Waals surface area contributed by atoms with Crippen molar-refractivity contribution in [3.63, 3.8) is 0 Å². The highest BCUT2D eigenvalue weighted by Gasteiger charge is 2.38. The fourth-order valence-corrected chi connectivity index (χ4v) is 10.5. The van der Waals surface area contributed by atoms with Gasteiger partial charge in [-0.05, 0) is 145 Å². The summed E-state index contributed by atoms with van der Waals surface area (Å²) in [5.41, 5.74) is 20.5. The number of para-hydroxylation sites is 2. The van der Waals surface area contributed by atoms with Gasteiger partial charge in [-0.2, -0.15) is 0 Å². The predicted molar refractivity (Wildman–Crippen MR) is 279 cm³/mol. The third kappa shape index (κ3) is 6.83. The Morgan fingerprint density at radius 3 is 1.55 bits per heavy atom. The van der Waals surface area contributed by atoms with E-state index in [-0.39, 0.29) is 5.41 Å². The molecule has 1 aliphatic heterocycles. The highest BCUT2D eigenvalue weighted by atomic mass is 15.3. The second-order valence-corrected chi connectivity index (χ2v) is 18.1. The molecule has 0 atom stereocenters. The molecule has 0 N–H and O–H groups in total. The summed E-state index contributed by atoms with van der Waals surface area (Å²) in [4.78, 5) is 7.44. The largest absolute Gasteiger partial charge is 0.338 e. The molecular formula is C63H49N3. The van der Waals surface area contributed by atoms with Crippen molar-refractivity contribution >= 4 is 50.6 Å². The predicted octanol–water partition coefficient (Wildman–Crippen LogP) is 16.9. The number of anilines is 7. The second kappa shape index (κ2) is 16.1. The van der Waals surface area contributed by atoms with Gasteiger partial charge in [-0.25, -0.2) is 0 Å². The molecule has 2 aliphatic rings. The Bertz CT molecular complexity index is 3380. The zero-order valence-corrected chi connectivity index (χ0v) is 37.3. The molecule has 0 bridgehead atoms. The molecule has 10 aromatic rings. The summed E-state index contributed by atoms with van der Waals surface area (Å²) in [5.74, 6) is 0. The van der Waals surface area contributed by atoms with E-state index in [1.807, 2.05) is 0 Å². The van der Waals surface area contributed by atoms with Crippen molar-refractivity contribution in [2.24, 2.45) is 0 Å². The average Bonchev–Trinajstić information content (AvgIpc) is 3.62. The van der Waals surface area contributed by atoms with Crippen LogP contribution in [0.2, 0.25) is 0 Å². The zero-order chi connectivity index (χ0) is 44.2. The number of nitrogens with zero attached hydrogens (tertiary/aromatic N) is 3. The summed E-state index contributed by atoms with van der Waals surface area (Å²) >= 11 is 0. The molecule has 3 heteroatoms. The third-order valence-corrected chi connectivity index (χ3v) is 13.9. The minimum absolute atomic E-state index is 0.231. The highest BCUT2D eigenvalue weighted by molar-refractivity contribution is 5.99. The van der Waals surface area contributed by atoms with E-state index in [0.717, 1.165) is 30.2 Å². The lowest BCUT2D eigenvalue weighted by molar-refractivity contribution is 0.660. The minimum Gasteiger partial charge on any atom is -0.338 e. The SMILES string of the molecule is CC1(C)c2ccccc2-c2c(-c3ccc4c(c3)N(c3ccccc3)CCN4c3ccccc3)cc(N(c3ccc(-c4ccccc4)cc3)c3ccc4cc(-c5ccccc5)ccc4c3)cc21. The average molecular weight is 848 g/mol. The zero-order valence-electron chi connectivity index (χ0n) is 37.3. The van der Waals surface area contributed by atoms with Crippen molar-refractivity contribution in [3.8, 4) is 44.5 Å². The standard InChI is InChI=1S/C63H49N3/c1-63(2)58-26-16-15-25-56(58)62-57(50-32-36-60-61(41-50)65(52-23-13-6-14-24-52)38-37-64(60)51-21-11-5-12-22-51)42-55(43-59(62)63)66(53-33-29-46(30-34-53)44-17-7-3-8-18-44)54-35-31-48-39-47(27-28-49(48)40-54)45-19-9-4-10-20-45/h3-36,39-43H,37-38H2,1-2H3. The molecular weight excluding hydrogens is 799 g/mol. The van der Waals surface area contributed by atoms with E-state index in [2.05, 4.69) is 265 Å². The van der Waals surface area contributed by atoms with Crippen LogP contribution < -0.4 is 14.7 Å². The normalized spacial score (nSPS) is 13.5. The molecule has 12 rings (SSSR count). The van der Waals surface area contributed by atoms with Crippen LogP contribution in [-0.4, -0.2) is 13.1 Å². The second-order valence-electron chi connectivity index (χ2n) is 18.1.